The van der Waals surface area contributed by atoms with Crippen LogP contribution in [0, 0.1) is 11.8 Å². The number of carbonyl (C=O) groups excluding carboxylic acids is 3. The topological polar surface area (TPSA) is 69.7 Å². The molecule has 0 aromatic heterocycles. The van der Waals surface area contributed by atoms with E-state index in [2.05, 4.69) is 15.9 Å². The van der Waals surface area contributed by atoms with Crippen molar-refractivity contribution in [3.05, 3.63) is 70.2 Å². The third-order valence-corrected chi connectivity index (χ3v) is 5.78. The van der Waals surface area contributed by atoms with Crippen LogP contribution in [0.1, 0.15) is 42.6 Å². The fraction of sp³-hybridized carbons (Fsp3) is 0.348. The third-order valence-electron chi connectivity index (χ3n) is 5.25. The molecule has 2 aromatic carbocycles. The Bertz CT molecular complexity index is 905. The monoisotopic (exact) mass is 458 g/mol. The average molecular weight is 459 g/mol. The van der Waals surface area contributed by atoms with Gasteiger partial charge in [-0.05, 0) is 38.5 Å². The SMILES string of the molecule is CCOC(=O)[C@H]1C(=O)OC(C)(C)[C@H]1[C@H](C(=O)c1ccc(Br)cc1)c1ccccc1. The van der Waals surface area contributed by atoms with Crippen molar-refractivity contribution in [1.29, 1.82) is 0 Å². The Hall–Kier alpha value is -2.47. The molecule has 6 heteroatoms. The highest BCUT2D eigenvalue weighted by Crippen LogP contribution is 2.47. The number of Topliss-reactive ketones (excluding diaryl/α,β-unsaturated/α-hetero) is 1. The fourth-order valence-electron chi connectivity index (χ4n) is 3.98. The predicted molar refractivity (Wildman–Crippen MR) is 111 cm³/mol. The zero-order chi connectivity index (χ0) is 21.2. The highest BCUT2D eigenvalue weighted by atomic mass is 79.9. The molecule has 0 saturated carbocycles. The Morgan fingerprint density at radius 1 is 1.10 bits per heavy atom. The highest BCUT2D eigenvalue weighted by molar-refractivity contribution is 9.10. The summed E-state index contributed by atoms with van der Waals surface area (Å²) < 4.78 is 11.6. The van der Waals surface area contributed by atoms with Crippen molar-refractivity contribution in [2.45, 2.75) is 32.3 Å². The molecule has 0 unspecified atom stereocenters. The van der Waals surface area contributed by atoms with Gasteiger partial charge >= 0.3 is 11.9 Å². The largest absolute Gasteiger partial charge is 0.465 e. The molecule has 0 bridgehead atoms. The zero-order valence-electron chi connectivity index (χ0n) is 16.6. The number of esters is 2. The second kappa shape index (κ2) is 8.49. The Kier molecular flexibility index (Phi) is 6.22. The molecule has 5 nitrogen and oxygen atoms in total. The van der Waals surface area contributed by atoms with Gasteiger partial charge in [-0.25, -0.2) is 0 Å². The van der Waals surface area contributed by atoms with Crippen LogP contribution in [-0.4, -0.2) is 29.9 Å². The van der Waals surface area contributed by atoms with Crippen LogP contribution in [0.25, 0.3) is 0 Å². The lowest BCUT2D eigenvalue weighted by Crippen LogP contribution is -2.41. The number of ketones is 1. The summed E-state index contributed by atoms with van der Waals surface area (Å²) in [6.45, 7) is 5.30. The molecule has 152 valence electrons. The summed E-state index contributed by atoms with van der Waals surface area (Å²) in [6, 6.07) is 16.2. The van der Waals surface area contributed by atoms with Gasteiger partial charge < -0.3 is 9.47 Å². The maximum Gasteiger partial charge on any atom is 0.321 e. The standard InChI is InChI=1S/C23H23BrO5/c1-4-28-21(26)18-19(23(2,3)29-22(18)27)17(14-8-6-5-7-9-14)20(25)15-10-12-16(24)13-11-15/h5-13,17-19H,4H2,1-3H3/t17-,18+,19+/m1/s1. The van der Waals surface area contributed by atoms with Crippen LogP contribution >= 0.6 is 15.9 Å². The molecule has 29 heavy (non-hydrogen) atoms. The number of ether oxygens (including phenoxy) is 2. The minimum atomic E-state index is -1.16. The van der Waals surface area contributed by atoms with Crippen LogP contribution in [0.2, 0.25) is 0 Å². The molecule has 1 heterocycles. The fourth-order valence-corrected chi connectivity index (χ4v) is 4.25. The molecule has 1 aliphatic heterocycles. The second-order valence-corrected chi connectivity index (χ2v) is 8.46. The molecule has 1 aliphatic rings. The van der Waals surface area contributed by atoms with E-state index in [1.54, 1.807) is 45.0 Å². The lowest BCUT2D eigenvalue weighted by molar-refractivity contribution is -0.157. The van der Waals surface area contributed by atoms with E-state index in [1.165, 1.54) is 0 Å². The number of cyclic esters (lactones) is 1. The van der Waals surface area contributed by atoms with E-state index in [0.29, 0.717) is 5.56 Å². The summed E-state index contributed by atoms with van der Waals surface area (Å²) in [5.74, 6) is -4.08. The van der Waals surface area contributed by atoms with Gasteiger partial charge in [0.2, 0.25) is 0 Å². The van der Waals surface area contributed by atoms with Crippen molar-refractivity contribution in [2.75, 3.05) is 6.61 Å². The van der Waals surface area contributed by atoms with Gasteiger partial charge in [-0.2, -0.15) is 0 Å². The van der Waals surface area contributed by atoms with E-state index >= 15 is 0 Å². The first kappa shape index (κ1) is 21.2. The van der Waals surface area contributed by atoms with Crippen molar-refractivity contribution < 1.29 is 23.9 Å². The first-order valence-corrected chi connectivity index (χ1v) is 10.3. The number of benzene rings is 2. The van der Waals surface area contributed by atoms with Crippen LogP contribution in [0.5, 0.6) is 0 Å². The molecule has 2 aromatic rings. The first-order chi connectivity index (χ1) is 13.8. The van der Waals surface area contributed by atoms with Gasteiger partial charge in [0, 0.05) is 16.0 Å². The quantitative estimate of drug-likeness (QED) is 0.360. The molecule has 0 amide bonds. The van der Waals surface area contributed by atoms with Crippen molar-refractivity contribution in [2.24, 2.45) is 11.8 Å². The van der Waals surface area contributed by atoms with Crippen LogP contribution < -0.4 is 0 Å². The lowest BCUT2D eigenvalue weighted by Gasteiger charge is -2.33. The van der Waals surface area contributed by atoms with Gasteiger partial charge in [-0.3, -0.25) is 14.4 Å². The minimum absolute atomic E-state index is 0.145. The highest BCUT2D eigenvalue weighted by Gasteiger charge is 2.58. The molecular formula is C23H23BrO5. The maximum atomic E-state index is 13.6. The normalized spacial score (nSPS) is 21.3. The number of hydrogen-bond donors (Lipinski definition) is 0. The van der Waals surface area contributed by atoms with E-state index < -0.39 is 35.3 Å². The van der Waals surface area contributed by atoms with Gasteiger partial charge in [-0.1, -0.05) is 58.4 Å². The zero-order valence-corrected chi connectivity index (χ0v) is 18.1. The van der Waals surface area contributed by atoms with Gasteiger partial charge in [0.25, 0.3) is 0 Å². The second-order valence-electron chi connectivity index (χ2n) is 7.54. The maximum absolute atomic E-state index is 13.6. The van der Waals surface area contributed by atoms with E-state index in [9.17, 15) is 14.4 Å². The summed E-state index contributed by atoms with van der Waals surface area (Å²) in [5, 5.41) is 0. The summed E-state index contributed by atoms with van der Waals surface area (Å²) in [6.07, 6.45) is 0. The smallest absolute Gasteiger partial charge is 0.321 e. The molecule has 0 aliphatic carbocycles. The molecule has 0 N–H and O–H groups in total. The molecule has 3 atom stereocenters. The van der Waals surface area contributed by atoms with Crippen LogP contribution in [0.3, 0.4) is 0 Å². The lowest BCUT2D eigenvalue weighted by atomic mass is 9.69. The Morgan fingerprint density at radius 2 is 1.72 bits per heavy atom. The number of hydrogen-bond acceptors (Lipinski definition) is 5. The Labute approximate surface area is 178 Å². The number of halogens is 1. The van der Waals surface area contributed by atoms with Crippen LogP contribution in [-0.2, 0) is 19.1 Å². The number of carbonyl (C=O) groups is 3. The van der Waals surface area contributed by atoms with Crippen LogP contribution in [0.4, 0.5) is 0 Å². The number of rotatable bonds is 6. The molecule has 3 rings (SSSR count). The Morgan fingerprint density at radius 3 is 2.31 bits per heavy atom. The minimum Gasteiger partial charge on any atom is -0.465 e. The summed E-state index contributed by atoms with van der Waals surface area (Å²) in [7, 11) is 0. The van der Waals surface area contributed by atoms with Gasteiger partial charge in [0.05, 0.1) is 12.5 Å². The molecule has 1 fully saturated rings. The predicted octanol–water partition coefficient (Wildman–Crippen LogP) is 4.55. The summed E-state index contributed by atoms with van der Waals surface area (Å²) >= 11 is 3.38. The van der Waals surface area contributed by atoms with E-state index in [-0.39, 0.29) is 12.4 Å². The van der Waals surface area contributed by atoms with Crippen molar-refractivity contribution in [1.82, 2.24) is 0 Å². The van der Waals surface area contributed by atoms with Crippen molar-refractivity contribution in [3.8, 4) is 0 Å². The average Bonchev–Trinajstić information content (AvgIpc) is 2.92. The molecule has 0 radical (unpaired) electrons. The van der Waals surface area contributed by atoms with E-state index in [1.807, 2.05) is 30.3 Å². The van der Waals surface area contributed by atoms with E-state index in [4.69, 9.17) is 9.47 Å². The van der Waals surface area contributed by atoms with Gasteiger partial charge in [0.15, 0.2) is 11.7 Å². The summed E-state index contributed by atoms with van der Waals surface area (Å²) in [5.41, 5.74) is 0.214. The molecule has 1 saturated heterocycles. The van der Waals surface area contributed by atoms with Crippen molar-refractivity contribution in [3.63, 3.8) is 0 Å². The third kappa shape index (κ3) is 4.27. The van der Waals surface area contributed by atoms with Gasteiger partial charge in [0.1, 0.15) is 5.60 Å². The van der Waals surface area contributed by atoms with Crippen molar-refractivity contribution >= 4 is 33.7 Å². The van der Waals surface area contributed by atoms with Crippen LogP contribution in [0.15, 0.2) is 59.1 Å². The van der Waals surface area contributed by atoms with Gasteiger partial charge in [-0.15, -0.1) is 0 Å². The molecular weight excluding hydrogens is 436 g/mol. The Balaban J connectivity index is 2.13. The summed E-state index contributed by atoms with van der Waals surface area (Å²) in [4.78, 5) is 38.9. The first-order valence-electron chi connectivity index (χ1n) is 9.50. The van der Waals surface area contributed by atoms with E-state index in [0.717, 1.165) is 10.0 Å². The molecule has 0 spiro atoms.